The Morgan fingerprint density at radius 1 is 1.45 bits per heavy atom. The SMILES string of the molecule is C=CC(=O)NCC1(c2ccc(OC)cn2)CCCCC1. The van der Waals surface area contributed by atoms with Gasteiger partial charge in [-0.05, 0) is 31.1 Å². The van der Waals surface area contributed by atoms with E-state index in [-0.39, 0.29) is 11.3 Å². The molecular formula is C16H22N2O2. The lowest BCUT2D eigenvalue weighted by Crippen LogP contribution is -2.42. The topological polar surface area (TPSA) is 51.2 Å². The number of hydrogen-bond donors (Lipinski definition) is 1. The molecule has 1 fully saturated rings. The minimum atomic E-state index is -0.122. The maximum absolute atomic E-state index is 11.5. The van der Waals surface area contributed by atoms with Crippen LogP contribution < -0.4 is 10.1 Å². The zero-order valence-electron chi connectivity index (χ0n) is 12.0. The number of carbonyl (C=O) groups is 1. The summed E-state index contributed by atoms with van der Waals surface area (Å²) in [6.45, 7) is 4.12. The van der Waals surface area contributed by atoms with Gasteiger partial charge in [0.15, 0.2) is 0 Å². The molecule has 1 aromatic heterocycles. The number of carbonyl (C=O) groups excluding carboxylic acids is 1. The number of methoxy groups -OCH3 is 1. The van der Waals surface area contributed by atoms with Crippen molar-refractivity contribution in [1.29, 1.82) is 0 Å². The van der Waals surface area contributed by atoms with Crippen LogP contribution in [0.4, 0.5) is 0 Å². The van der Waals surface area contributed by atoms with Crippen molar-refractivity contribution in [2.45, 2.75) is 37.5 Å². The molecule has 0 aromatic carbocycles. The van der Waals surface area contributed by atoms with E-state index in [1.807, 2.05) is 12.1 Å². The molecule has 0 bridgehead atoms. The fourth-order valence-electron chi connectivity index (χ4n) is 2.90. The molecule has 4 nitrogen and oxygen atoms in total. The molecular weight excluding hydrogens is 252 g/mol. The summed E-state index contributed by atoms with van der Waals surface area (Å²) in [4.78, 5) is 16.0. The summed E-state index contributed by atoms with van der Waals surface area (Å²) in [5.41, 5.74) is 0.991. The van der Waals surface area contributed by atoms with Gasteiger partial charge in [-0.2, -0.15) is 0 Å². The van der Waals surface area contributed by atoms with E-state index in [1.54, 1.807) is 13.3 Å². The average molecular weight is 274 g/mol. The Hall–Kier alpha value is -1.84. The summed E-state index contributed by atoms with van der Waals surface area (Å²) in [6.07, 6.45) is 8.80. The highest BCUT2D eigenvalue weighted by Gasteiger charge is 2.35. The molecule has 1 aliphatic rings. The summed E-state index contributed by atoms with van der Waals surface area (Å²) in [7, 11) is 1.64. The van der Waals surface area contributed by atoms with Gasteiger partial charge in [-0.15, -0.1) is 0 Å². The number of hydrogen-bond acceptors (Lipinski definition) is 3. The smallest absolute Gasteiger partial charge is 0.243 e. The van der Waals surface area contributed by atoms with Gasteiger partial charge in [0.25, 0.3) is 0 Å². The second kappa shape index (κ2) is 6.55. The highest BCUT2D eigenvalue weighted by Crippen LogP contribution is 2.38. The molecule has 1 heterocycles. The van der Waals surface area contributed by atoms with Crippen LogP contribution in [0.15, 0.2) is 31.0 Å². The fraction of sp³-hybridized carbons (Fsp3) is 0.500. The first kappa shape index (κ1) is 14.6. The summed E-state index contributed by atoms with van der Waals surface area (Å²) in [5, 5.41) is 2.94. The molecule has 2 rings (SSSR count). The summed E-state index contributed by atoms with van der Waals surface area (Å²) in [5.74, 6) is 0.637. The lowest BCUT2D eigenvalue weighted by atomic mass is 9.71. The number of aromatic nitrogens is 1. The highest BCUT2D eigenvalue weighted by atomic mass is 16.5. The predicted octanol–water partition coefficient (Wildman–Crippen LogP) is 2.59. The van der Waals surface area contributed by atoms with Crippen LogP contribution in [0.2, 0.25) is 0 Å². The van der Waals surface area contributed by atoms with Crippen molar-refractivity contribution in [2.75, 3.05) is 13.7 Å². The van der Waals surface area contributed by atoms with E-state index in [0.29, 0.717) is 6.54 Å². The molecule has 1 amide bonds. The van der Waals surface area contributed by atoms with Gasteiger partial charge in [-0.1, -0.05) is 25.8 Å². The van der Waals surface area contributed by atoms with Crippen molar-refractivity contribution < 1.29 is 9.53 Å². The van der Waals surface area contributed by atoms with Gasteiger partial charge in [-0.3, -0.25) is 9.78 Å². The Bertz CT molecular complexity index is 462. The summed E-state index contributed by atoms with van der Waals surface area (Å²) >= 11 is 0. The number of nitrogens with one attached hydrogen (secondary N) is 1. The third-order valence-corrected chi connectivity index (χ3v) is 4.11. The van der Waals surface area contributed by atoms with Crippen molar-refractivity contribution in [3.63, 3.8) is 0 Å². The molecule has 0 spiro atoms. The quantitative estimate of drug-likeness (QED) is 0.840. The van der Waals surface area contributed by atoms with E-state index in [4.69, 9.17) is 4.74 Å². The Kier molecular flexibility index (Phi) is 4.77. The predicted molar refractivity (Wildman–Crippen MR) is 78.8 cm³/mol. The van der Waals surface area contributed by atoms with Gasteiger partial charge >= 0.3 is 0 Å². The van der Waals surface area contributed by atoms with Crippen LogP contribution in [-0.4, -0.2) is 24.5 Å². The van der Waals surface area contributed by atoms with E-state index >= 15 is 0 Å². The van der Waals surface area contributed by atoms with Gasteiger partial charge in [0.1, 0.15) is 5.75 Å². The van der Waals surface area contributed by atoms with Crippen molar-refractivity contribution in [3.05, 3.63) is 36.7 Å². The van der Waals surface area contributed by atoms with Gasteiger partial charge in [0.05, 0.1) is 13.3 Å². The standard InChI is InChI=1S/C16H22N2O2/c1-3-15(19)18-12-16(9-5-4-6-10-16)14-8-7-13(20-2)11-17-14/h3,7-8,11H,1,4-6,9-10,12H2,2H3,(H,18,19). The lowest BCUT2D eigenvalue weighted by Gasteiger charge is -2.37. The number of rotatable bonds is 5. The Morgan fingerprint density at radius 2 is 2.20 bits per heavy atom. The number of amides is 1. The molecule has 108 valence electrons. The van der Waals surface area contributed by atoms with Crippen LogP contribution in [0.5, 0.6) is 5.75 Å². The molecule has 4 heteroatoms. The minimum Gasteiger partial charge on any atom is -0.495 e. The second-order valence-corrected chi connectivity index (χ2v) is 5.35. The zero-order valence-corrected chi connectivity index (χ0v) is 12.0. The molecule has 0 unspecified atom stereocenters. The maximum Gasteiger partial charge on any atom is 0.243 e. The van der Waals surface area contributed by atoms with Gasteiger partial charge < -0.3 is 10.1 Å². The van der Waals surface area contributed by atoms with Crippen LogP contribution in [0.1, 0.15) is 37.8 Å². The normalized spacial score (nSPS) is 17.2. The molecule has 20 heavy (non-hydrogen) atoms. The molecule has 0 atom stereocenters. The van der Waals surface area contributed by atoms with Crippen molar-refractivity contribution in [3.8, 4) is 5.75 Å². The lowest BCUT2D eigenvalue weighted by molar-refractivity contribution is -0.116. The van der Waals surface area contributed by atoms with E-state index < -0.39 is 0 Å². The van der Waals surface area contributed by atoms with Crippen LogP contribution in [0, 0.1) is 0 Å². The van der Waals surface area contributed by atoms with Crippen LogP contribution in [-0.2, 0) is 10.2 Å². The van der Waals surface area contributed by atoms with Crippen molar-refractivity contribution >= 4 is 5.91 Å². The van der Waals surface area contributed by atoms with E-state index in [9.17, 15) is 4.79 Å². The average Bonchev–Trinajstić information content (AvgIpc) is 2.53. The number of pyridine rings is 1. The van der Waals surface area contributed by atoms with E-state index in [2.05, 4.69) is 16.9 Å². The molecule has 0 aliphatic heterocycles. The minimum absolute atomic E-state index is 0.0524. The molecule has 0 radical (unpaired) electrons. The van der Waals surface area contributed by atoms with Crippen molar-refractivity contribution in [1.82, 2.24) is 10.3 Å². The molecule has 1 saturated carbocycles. The number of ether oxygens (including phenoxy) is 1. The van der Waals surface area contributed by atoms with Gasteiger partial charge in [-0.25, -0.2) is 0 Å². The van der Waals surface area contributed by atoms with Crippen LogP contribution in [0.3, 0.4) is 0 Å². The Balaban J connectivity index is 2.20. The summed E-state index contributed by atoms with van der Waals surface area (Å²) < 4.78 is 5.16. The molecule has 1 N–H and O–H groups in total. The summed E-state index contributed by atoms with van der Waals surface area (Å²) in [6, 6.07) is 3.96. The van der Waals surface area contributed by atoms with E-state index in [1.165, 1.54) is 25.3 Å². The zero-order chi connectivity index (χ0) is 14.4. The molecule has 1 aromatic rings. The fourth-order valence-corrected chi connectivity index (χ4v) is 2.90. The third kappa shape index (κ3) is 3.18. The van der Waals surface area contributed by atoms with Crippen LogP contribution in [0.25, 0.3) is 0 Å². The maximum atomic E-state index is 11.5. The van der Waals surface area contributed by atoms with E-state index in [0.717, 1.165) is 24.3 Å². The molecule has 0 saturated heterocycles. The first-order valence-electron chi connectivity index (χ1n) is 7.11. The number of nitrogens with zero attached hydrogens (tertiary/aromatic N) is 1. The van der Waals surface area contributed by atoms with Crippen LogP contribution >= 0.6 is 0 Å². The third-order valence-electron chi connectivity index (χ3n) is 4.11. The van der Waals surface area contributed by atoms with Gasteiger partial charge in [0.2, 0.25) is 5.91 Å². The first-order valence-corrected chi connectivity index (χ1v) is 7.11. The largest absolute Gasteiger partial charge is 0.495 e. The van der Waals surface area contributed by atoms with Crippen molar-refractivity contribution in [2.24, 2.45) is 0 Å². The monoisotopic (exact) mass is 274 g/mol. The first-order chi connectivity index (χ1) is 9.70. The Morgan fingerprint density at radius 3 is 2.75 bits per heavy atom. The highest BCUT2D eigenvalue weighted by molar-refractivity contribution is 5.86. The Labute approximate surface area is 120 Å². The second-order valence-electron chi connectivity index (χ2n) is 5.35. The molecule has 1 aliphatic carbocycles. The van der Waals surface area contributed by atoms with Gasteiger partial charge in [0, 0.05) is 17.7 Å².